The Balaban J connectivity index is 1.62. The van der Waals surface area contributed by atoms with Gasteiger partial charge in [0.15, 0.2) is 0 Å². The Morgan fingerprint density at radius 1 is 1.12 bits per heavy atom. The molecule has 5 heteroatoms. The Bertz CT molecular complexity index is 482. The summed E-state index contributed by atoms with van der Waals surface area (Å²) in [6, 6.07) is 7.89. The molecule has 0 unspecified atom stereocenters. The minimum atomic E-state index is 0.119. The monoisotopic (exact) mass is 334 g/mol. The van der Waals surface area contributed by atoms with Crippen LogP contribution >= 0.6 is 0 Å². The fourth-order valence-electron chi connectivity index (χ4n) is 3.01. The lowest BCUT2D eigenvalue weighted by Crippen LogP contribution is -2.41. The van der Waals surface area contributed by atoms with Crippen molar-refractivity contribution in [1.29, 1.82) is 0 Å². The first-order valence-electron chi connectivity index (χ1n) is 8.92. The van der Waals surface area contributed by atoms with Crippen molar-refractivity contribution >= 4 is 5.91 Å². The van der Waals surface area contributed by atoms with Crippen molar-refractivity contribution in [2.45, 2.75) is 44.6 Å². The topological polar surface area (TPSA) is 50.8 Å². The largest absolute Gasteiger partial charge is 0.497 e. The number of benzene rings is 1. The lowest BCUT2D eigenvalue weighted by Gasteiger charge is -2.20. The van der Waals surface area contributed by atoms with Crippen LogP contribution in [0.3, 0.4) is 0 Å². The van der Waals surface area contributed by atoms with Gasteiger partial charge >= 0.3 is 0 Å². The highest BCUT2D eigenvalue weighted by atomic mass is 16.5. The van der Waals surface area contributed by atoms with Gasteiger partial charge in [0, 0.05) is 12.6 Å². The van der Waals surface area contributed by atoms with E-state index in [1.807, 2.05) is 36.2 Å². The van der Waals surface area contributed by atoms with Gasteiger partial charge < -0.3 is 14.8 Å². The van der Waals surface area contributed by atoms with Crippen molar-refractivity contribution in [1.82, 2.24) is 10.2 Å². The predicted octanol–water partition coefficient (Wildman–Crippen LogP) is 2.84. The Morgan fingerprint density at radius 3 is 2.38 bits per heavy atom. The van der Waals surface area contributed by atoms with Crippen LogP contribution in [0.5, 0.6) is 11.5 Å². The van der Waals surface area contributed by atoms with Crippen LogP contribution < -0.4 is 14.8 Å². The maximum atomic E-state index is 12.1. The van der Waals surface area contributed by atoms with E-state index in [0.717, 1.165) is 24.3 Å². The van der Waals surface area contributed by atoms with Crippen LogP contribution in [-0.2, 0) is 4.79 Å². The molecule has 0 radical (unpaired) electrons. The first kappa shape index (κ1) is 18.6. The van der Waals surface area contributed by atoms with Gasteiger partial charge in [-0.05, 0) is 44.2 Å². The molecule has 1 amide bonds. The van der Waals surface area contributed by atoms with Crippen molar-refractivity contribution in [3.05, 3.63) is 24.3 Å². The van der Waals surface area contributed by atoms with Gasteiger partial charge in [0.05, 0.1) is 13.7 Å². The van der Waals surface area contributed by atoms with Gasteiger partial charge in [-0.2, -0.15) is 0 Å². The number of carbonyl (C=O) groups is 1. The third-order valence-electron chi connectivity index (χ3n) is 4.43. The minimum absolute atomic E-state index is 0.119. The Kier molecular flexibility index (Phi) is 7.89. The molecule has 0 aliphatic heterocycles. The summed E-state index contributed by atoms with van der Waals surface area (Å²) >= 11 is 0. The number of carbonyl (C=O) groups excluding carboxylic acids is 1. The first-order chi connectivity index (χ1) is 11.7. The molecular formula is C19H30N2O3. The van der Waals surface area contributed by atoms with Crippen LogP contribution in [-0.4, -0.2) is 50.7 Å². The molecule has 134 valence electrons. The Hall–Kier alpha value is -1.75. The minimum Gasteiger partial charge on any atom is -0.497 e. The van der Waals surface area contributed by atoms with Crippen molar-refractivity contribution in [3.8, 4) is 11.5 Å². The molecule has 1 saturated carbocycles. The second kappa shape index (κ2) is 10.2. The normalized spacial score (nSPS) is 15.8. The summed E-state index contributed by atoms with van der Waals surface area (Å²) in [5, 5.41) is 3.18. The molecule has 1 aliphatic rings. The van der Waals surface area contributed by atoms with E-state index in [4.69, 9.17) is 9.47 Å². The quantitative estimate of drug-likeness (QED) is 0.743. The zero-order chi connectivity index (χ0) is 17.2. The summed E-state index contributed by atoms with van der Waals surface area (Å²) < 4.78 is 10.8. The zero-order valence-electron chi connectivity index (χ0n) is 14.9. The number of nitrogens with one attached hydrogen (secondary N) is 1. The molecule has 5 nitrogen and oxygen atoms in total. The third-order valence-corrected chi connectivity index (χ3v) is 4.43. The molecule has 0 heterocycles. The fraction of sp³-hybridized carbons (Fsp3) is 0.632. The lowest BCUT2D eigenvalue weighted by atomic mass is 10.1. The van der Waals surface area contributed by atoms with E-state index in [1.54, 1.807) is 7.11 Å². The van der Waals surface area contributed by atoms with Crippen molar-refractivity contribution in [3.63, 3.8) is 0 Å². The number of amides is 1. The molecule has 2 rings (SSSR count). The van der Waals surface area contributed by atoms with Crippen LogP contribution in [0.4, 0.5) is 0 Å². The van der Waals surface area contributed by atoms with Crippen molar-refractivity contribution < 1.29 is 14.3 Å². The van der Waals surface area contributed by atoms with E-state index in [1.165, 1.54) is 25.7 Å². The molecule has 0 spiro atoms. The zero-order valence-corrected chi connectivity index (χ0v) is 14.9. The predicted molar refractivity (Wildman–Crippen MR) is 95.6 cm³/mol. The van der Waals surface area contributed by atoms with E-state index in [2.05, 4.69) is 5.32 Å². The molecule has 1 fully saturated rings. The van der Waals surface area contributed by atoms with E-state index >= 15 is 0 Å². The van der Waals surface area contributed by atoms with E-state index in [0.29, 0.717) is 25.7 Å². The molecule has 1 aliphatic carbocycles. The number of nitrogens with zero attached hydrogens (tertiary/aromatic N) is 1. The highest BCUT2D eigenvalue weighted by molar-refractivity contribution is 5.78. The van der Waals surface area contributed by atoms with Gasteiger partial charge in [-0.25, -0.2) is 0 Å². The lowest BCUT2D eigenvalue weighted by molar-refractivity contribution is -0.122. The smallest absolute Gasteiger partial charge is 0.234 e. The van der Waals surface area contributed by atoms with E-state index < -0.39 is 0 Å². The van der Waals surface area contributed by atoms with Gasteiger partial charge in [0.2, 0.25) is 5.91 Å². The number of rotatable bonds is 8. The standard InChI is InChI=1S/C19H30N2O3/c1-21(13-14-24-18-11-9-17(23-2)10-12-18)15-19(22)20-16-7-5-3-4-6-8-16/h9-12,16H,3-8,13-15H2,1-2H3,(H,20,22). The summed E-state index contributed by atoms with van der Waals surface area (Å²) in [6.45, 7) is 1.69. The number of hydrogen-bond acceptors (Lipinski definition) is 4. The van der Waals surface area contributed by atoms with Crippen molar-refractivity contribution in [2.75, 3.05) is 33.9 Å². The van der Waals surface area contributed by atoms with E-state index in [-0.39, 0.29) is 5.91 Å². The number of methoxy groups -OCH3 is 1. The Morgan fingerprint density at radius 2 is 1.75 bits per heavy atom. The van der Waals surface area contributed by atoms with Gasteiger partial charge in [0.1, 0.15) is 18.1 Å². The highest BCUT2D eigenvalue weighted by Gasteiger charge is 2.15. The maximum absolute atomic E-state index is 12.1. The fourth-order valence-corrected chi connectivity index (χ4v) is 3.01. The molecule has 1 aromatic rings. The second-order valence-electron chi connectivity index (χ2n) is 6.52. The molecule has 24 heavy (non-hydrogen) atoms. The van der Waals surface area contributed by atoms with Gasteiger partial charge in [-0.3, -0.25) is 9.69 Å². The average molecular weight is 334 g/mol. The molecule has 0 saturated heterocycles. The maximum Gasteiger partial charge on any atom is 0.234 e. The highest BCUT2D eigenvalue weighted by Crippen LogP contribution is 2.17. The summed E-state index contributed by atoms with van der Waals surface area (Å²) in [5.41, 5.74) is 0. The number of likely N-dealkylation sites (N-methyl/N-ethyl adjacent to an activating group) is 1. The third kappa shape index (κ3) is 6.79. The number of hydrogen-bond donors (Lipinski definition) is 1. The Labute approximate surface area is 145 Å². The summed E-state index contributed by atoms with van der Waals surface area (Å²) in [4.78, 5) is 14.1. The van der Waals surface area contributed by atoms with E-state index in [9.17, 15) is 4.79 Å². The summed E-state index contributed by atoms with van der Waals surface area (Å²) in [6.07, 6.45) is 7.31. The van der Waals surface area contributed by atoms with Gasteiger partial charge in [0.25, 0.3) is 0 Å². The molecule has 0 aromatic heterocycles. The molecular weight excluding hydrogens is 304 g/mol. The first-order valence-corrected chi connectivity index (χ1v) is 8.92. The second-order valence-corrected chi connectivity index (χ2v) is 6.52. The van der Waals surface area contributed by atoms with Crippen LogP contribution in [0, 0.1) is 0 Å². The molecule has 0 bridgehead atoms. The molecule has 0 atom stereocenters. The van der Waals surface area contributed by atoms with Gasteiger partial charge in [-0.1, -0.05) is 25.7 Å². The van der Waals surface area contributed by atoms with Gasteiger partial charge in [-0.15, -0.1) is 0 Å². The van der Waals surface area contributed by atoms with Crippen LogP contribution in [0.1, 0.15) is 38.5 Å². The van der Waals surface area contributed by atoms with Crippen LogP contribution in [0.2, 0.25) is 0 Å². The number of ether oxygens (including phenoxy) is 2. The molecule has 1 aromatic carbocycles. The SMILES string of the molecule is COc1ccc(OCCN(C)CC(=O)NC2CCCCCC2)cc1. The van der Waals surface area contributed by atoms with Crippen LogP contribution in [0.15, 0.2) is 24.3 Å². The molecule has 1 N–H and O–H groups in total. The van der Waals surface area contributed by atoms with Crippen molar-refractivity contribution in [2.24, 2.45) is 0 Å². The summed E-state index contributed by atoms with van der Waals surface area (Å²) in [7, 11) is 3.59. The average Bonchev–Trinajstić information content (AvgIpc) is 2.84. The van der Waals surface area contributed by atoms with Crippen LogP contribution in [0.25, 0.3) is 0 Å². The summed E-state index contributed by atoms with van der Waals surface area (Å²) in [5.74, 6) is 1.75.